The van der Waals surface area contributed by atoms with Crippen LogP contribution in [0, 0.1) is 0 Å². The average Bonchev–Trinajstić information content (AvgIpc) is 2.42. The predicted octanol–water partition coefficient (Wildman–Crippen LogP) is -0.441. The van der Waals surface area contributed by atoms with Gasteiger partial charge >= 0.3 is 5.69 Å². The number of nitrogens with zero attached hydrogens (tertiary/aromatic N) is 1. The van der Waals surface area contributed by atoms with Crippen LogP contribution in [0.15, 0.2) is 46.0 Å². The van der Waals surface area contributed by atoms with E-state index in [2.05, 4.69) is 4.98 Å². The molecule has 0 radical (unpaired) electrons. The van der Waals surface area contributed by atoms with Crippen molar-refractivity contribution in [2.45, 2.75) is 12.6 Å². The van der Waals surface area contributed by atoms with Gasteiger partial charge in [-0.3, -0.25) is 14.3 Å². The van der Waals surface area contributed by atoms with Gasteiger partial charge in [-0.05, 0) is 12.1 Å². The molecule has 0 bridgehead atoms. The molecular weight excluding hydrogens is 262 g/mol. The first-order chi connectivity index (χ1) is 9.56. The number of benzene rings is 1. The molecule has 1 heterocycles. The maximum Gasteiger partial charge on any atom is 0.329 e. The van der Waals surface area contributed by atoms with Crippen LogP contribution >= 0.6 is 0 Å². The lowest BCUT2D eigenvalue weighted by Gasteiger charge is -2.14. The van der Waals surface area contributed by atoms with Crippen LogP contribution in [0.5, 0.6) is 5.75 Å². The number of nitrogen functional groups attached to an aromatic ring is 1. The predicted molar refractivity (Wildman–Crippen MR) is 73.7 cm³/mol. The molecule has 0 spiro atoms. The van der Waals surface area contributed by atoms with Crippen molar-refractivity contribution >= 4 is 5.82 Å². The number of aliphatic hydroxyl groups is 1. The fourth-order valence-corrected chi connectivity index (χ4v) is 1.70. The van der Waals surface area contributed by atoms with Crippen molar-refractivity contribution in [1.82, 2.24) is 9.55 Å². The minimum atomic E-state index is -0.930. The molecule has 4 N–H and O–H groups in total. The van der Waals surface area contributed by atoms with Crippen LogP contribution in [0.3, 0.4) is 0 Å². The Kier molecular flexibility index (Phi) is 4.21. The number of nitrogens with one attached hydrogen (secondary N) is 1. The van der Waals surface area contributed by atoms with E-state index >= 15 is 0 Å². The Morgan fingerprint density at radius 2 is 2.00 bits per heavy atom. The Bertz CT molecular complexity index is 678. The number of ether oxygens (including phenoxy) is 1. The monoisotopic (exact) mass is 277 g/mol. The fourth-order valence-electron chi connectivity index (χ4n) is 1.70. The van der Waals surface area contributed by atoms with Gasteiger partial charge in [0.2, 0.25) is 0 Å². The molecule has 7 heteroatoms. The number of anilines is 1. The van der Waals surface area contributed by atoms with Crippen molar-refractivity contribution in [1.29, 1.82) is 0 Å². The first-order valence-corrected chi connectivity index (χ1v) is 6.02. The van der Waals surface area contributed by atoms with Gasteiger partial charge in [-0.15, -0.1) is 0 Å². The molecule has 1 unspecified atom stereocenters. The molecule has 0 amide bonds. The van der Waals surface area contributed by atoms with Crippen molar-refractivity contribution in [3.63, 3.8) is 0 Å². The van der Waals surface area contributed by atoms with Crippen LogP contribution in [-0.2, 0) is 6.54 Å². The van der Waals surface area contributed by atoms with Crippen LogP contribution < -0.4 is 21.7 Å². The molecule has 1 aromatic carbocycles. The molecule has 0 saturated heterocycles. The molecule has 2 aromatic rings. The zero-order chi connectivity index (χ0) is 14.5. The number of nitrogens with two attached hydrogens (primary N) is 1. The van der Waals surface area contributed by atoms with E-state index in [1.165, 1.54) is 0 Å². The average molecular weight is 277 g/mol. The van der Waals surface area contributed by atoms with E-state index in [4.69, 9.17) is 10.5 Å². The highest BCUT2D eigenvalue weighted by atomic mass is 16.5. The maximum atomic E-state index is 11.5. The van der Waals surface area contributed by atoms with E-state index in [1.807, 2.05) is 18.2 Å². The van der Waals surface area contributed by atoms with Gasteiger partial charge in [0.1, 0.15) is 24.3 Å². The van der Waals surface area contributed by atoms with Gasteiger partial charge in [-0.2, -0.15) is 0 Å². The lowest BCUT2D eigenvalue weighted by molar-refractivity contribution is 0.0917. The topological polar surface area (TPSA) is 110 Å². The van der Waals surface area contributed by atoms with E-state index in [1.54, 1.807) is 12.1 Å². The van der Waals surface area contributed by atoms with E-state index in [9.17, 15) is 14.7 Å². The first-order valence-electron chi connectivity index (χ1n) is 6.02. The summed E-state index contributed by atoms with van der Waals surface area (Å²) in [5, 5.41) is 9.85. The minimum Gasteiger partial charge on any atom is -0.491 e. The minimum absolute atomic E-state index is 0.00230. The van der Waals surface area contributed by atoms with E-state index in [0.29, 0.717) is 5.75 Å². The molecule has 2 rings (SSSR count). The fraction of sp³-hybridized carbons (Fsp3) is 0.231. The number of para-hydroxylation sites is 1. The lowest BCUT2D eigenvalue weighted by Crippen LogP contribution is -2.36. The second-order valence-electron chi connectivity index (χ2n) is 4.25. The van der Waals surface area contributed by atoms with Gasteiger partial charge in [-0.1, -0.05) is 18.2 Å². The summed E-state index contributed by atoms with van der Waals surface area (Å²) in [5.74, 6) is 0.617. The smallest absolute Gasteiger partial charge is 0.329 e. The number of hydrogen-bond donors (Lipinski definition) is 3. The SMILES string of the molecule is Nc1cc(=O)[nH]c(=O)n1CC(O)COc1ccccc1. The number of H-pyrrole nitrogens is 1. The molecule has 20 heavy (non-hydrogen) atoms. The lowest BCUT2D eigenvalue weighted by atomic mass is 10.3. The third-order valence-corrected chi connectivity index (χ3v) is 2.64. The van der Waals surface area contributed by atoms with E-state index in [0.717, 1.165) is 10.6 Å². The highest BCUT2D eigenvalue weighted by molar-refractivity contribution is 5.26. The number of aromatic amines is 1. The first kappa shape index (κ1) is 13.9. The largest absolute Gasteiger partial charge is 0.491 e. The van der Waals surface area contributed by atoms with Crippen LogP contribution in [0.1, 0.15) is 0 Å². The van der Waals surface area contributed by atoms with Crippen molar-refractivity contribution in [2.24, 2.45) is 0 Å². The van der Waals surface area contributed by atoms with Gasteiger partial charge in [0, 0.05) is 6.07 Å². The van der Waals surface area contributed by atoms with Crippen LogP contribution in [0.4, 0.5) is 5.82 Å². The Hall–Kier alpha value is -2.54. The molecule has 0 fully saturated rings. The number of aliphatic hydroxyl groups excluding tert-OH is 1. The third-order valence-electron chi connectivity index (χ3n) is 2.64. The van der Waals surface area contributed by atoms with Crippen molar-refractivity contribution < 1.29 is 9.84 Å². The number of hydrogen-bond acceptors (Lipinski definition) is 5. The summed E-state index contributed by atoms with van der Waals surface area (Å²) in [7, 11) is 0. The Morgan fingerprint density at radius 1 is 1.30 bits per heavy atom. The van der Waals surface area contributed by atoms with Gasteiger partial charge in [0.15, 0.2) is 0 Å². The molecule has 1 aromatic heterocycles. The van der Waals surface area contributed by atoms with Crippen LogP contribution in [0.25, 0.3) is 0 Å². The maximum absolute atomic E-state index is 11.5. The summed E-state index contributed by atoms with van der Waals surface area (Å²) in [6.45, 7) is -0.0523. The molecule has 0 aliphatic rings. The number of rotatable bonds is 5. The molecule has 0 aliphatic carbocycles. The van der Waals surface area contributed by atoms with Crippen LogP contribution in [-0.4, -0.2) is 27.4 Å². The molecule has 1 atom stereocenters. The highest BCUT2D eigenvalue weighted by Gasteiger charge is 2.10. The summed E-state index contributed by atoms with van der Waals surface area (Å²) in [5.41, 5.74) is 4.34. The number of aromatic nitrogens is 2. The summed E-state index contributed by atoms with van der Waals surface area (Å²) >= 11 is 0. The van der Waals surface area contributed by atoms with Crippen LogP contribution in [0.2, 0.25) is 0 Å². The van der Waals surface area contributed by atoms with Gasteiger partial charge in [-0.25, -0.2) is 4.79 Å². The summed E-state index contributed by atoms with van der Waals surface area (Å²) in [6.07, 6.45) is -0.930. The summed E-state index contributed by atoms with van der Waals surface area (Å²) in [4.78, 5) is 24.6. The Labute approximate surface area is 114 Å². The van der Waals surface area contributed by atoms with Gasteiger partial charge in [0.25, 0.3) is 5.56 Å². The Morgan fingerprint density at radius 3 is 2.65 bits per heavy atom. The van der Waals surface area contributed by atoms with Crippen molar-refractivity contribution in [3.8, 4) is 5.75 Å². The molecule has 106 valence electrons. The van der Waals surface area contributed by atoms with Crippen molar-refractivity contribution in [2.75, 3.05) is 12.3 Å². The Balaban J connectivity index is 2.00. The summed E-state index contributed by atoms with van der Waals surface area (Å²) in [6, 6.07) is 10.1. The highest BCUT2D eigenvalue weighted by Crippen LogP contribution is 2.09. The molecule has 0 aliphatic heterocycles. The molecule has 0 saturated carbocycles. The quantitative estimate of drug-likeness (QED) is 0.686. The second-order valence-corrected chi connectivity index (χ2v) is 4.25. The van der Waals surface area contributed by atoms with Crippen molar-refractivity contribution in [3.05, 3.63) is 57.2 Å². The second kappa shape index (κ2) is 6.07. The zero-order valence-electron chi connectivity index (χ0n) is 10.7. The normalized spacial score (nSPS) is 12.1. The zero-order valence-corrected chi connectivity index (χ0v) is 10.7. The van der Waals surface area contributed by atoms with Gasteiger partial charge < -0.3 is 15.6 Å². The summed E-state index contributed by atoms with van der Waals surface area (Å²) < 4.78 is 6.45. The van der Waals surface area contributed by atoms with E-state index < -0.39 is 17.4 Å². The van der Waals surface area contributed by atoms with Gasteiger partial charge in [0.05, 0.1) is 6.54 Å². The third kappa shape index (κ3) is 3.48. The standard InChI is InChI=1S/C13H15N3O4/c14-11-6-12(18)15-13(19)16(11)7-9(17)8-20-10-4-2-1-3-5-10/h1-6,9,17H,7-8,14H2,(H,15,18,19). The molecular formula is C13H15N3O4. The van der Waals surface area contributed by atoms with E-state index in [-0.39, 0.29) is 19.0 Å². The molecule has 7 nitrogen and oxygen atoms in total.